The zero-order chi connectivity index (χ0) is 20.3. The van der Waals surface area contributed by atoms with Crippen molar-refractivity contribution in [3.05, 3.63) is 35.9 Å². The Kier molecular flexibility index (Phi) is 11.0. The van der Waals surface area contributed by atoms with Crippen molar-refractivity contribution < 1.29 is 27.2 Å². The molecule has 0 bridgehead atoms. The van der Waals surface area contributed by atoms with E-state index in [1.807, 2.05) is 37.3 Å². The molecule has 0 heterocycles. The first-order chi connectivity index (χ1) is 12.8. The van der Waals surface area contributed by atoms with Crippen LogP contribution in [0.4, 0.5) is 0 Å². The summed E-state index contributed by atoms with van der Waals surface area (Å²) in [6.07, 6.45) is -0.0102. The molecule has 0 aliphatic carbocycles. The smallest absolute Gasteiger partial charge is 0.308 e. The van der Waals surface area contributed by atoms with Gasteiger partial charge in [0, 0.05) is 6.04 Å². The molecule has 0 aliphatic heterocycles. The van der Waals surface area contributed by atoms with Gasteiger partial charge in [-0.3, -0.25) is 14.0 Å². The zero-order valence-electron chi connectivity index (χ0n) is 17.0. The molecule has 0 unspecified atom stereocenters. The van der Waals surface area contributed by atoms with E-state index >= 15 is 0 Å². The van der Waals surface area contributed by atoms with Crippen LogP contribution >= 0.6 is 15.2 Å². The highest BCUT2D eigenvalue weighted by Crippen LogP contribution is 2.54. The fourth-order valence-corrected chi connectivity index (χ4v) is 6.49. The third-order valence-electron chi connectivity index (χ3n) is 3.84. The van der Waals surface area contributed by atoms with Crippen LogP contribution in [-0.4, -0.2) is 43.9 Å². The number of benzene rings is 1. The molecule has 1 aromatic carbocycles. The van der Waals surface area contributed by atoms with Crippen molar-refractivity contribution in [1.29, 1.82) is 0 Å². The topological polar surface area (TPSA) is 74.3 Å². The molecule has 1 aromatic rings. The van der Waals surface area contributed by atoms with Crippen molar-refractivity contribution >= 4 is 15.2 Å². The standard InChI is InChI=1S/C18H33NO6P2/c1-6-22-26(20,23-7-2)15-19(16-27(21,24-8-3)25-9-4)17(5)18-13-11-10-12-14-18/h10-14,17H,6-9,15-16H2,1-5H3/t17-/m0/s1. The molecule has 1 rings (SSSR count). The number of rotatable bonds is 14. The summed E-state index contributed by atoms with van der Waals surface area (Å²) in [7, 11) is -6.76. The van der Waals surface area contributed by atoms with Crippen molar-refractivity contribution in [3.63, 3.8) is 0 Å². The molecular weight excluding hydrogens is 388 g/mol. The SMILES string of the molecule is CCOP(=O)(CN(CP(=O)(OCC)OCC)[C@@H](C)c1ccccc1)OCC. The first-order valence-corrected chi connectivity index (χ1v) is 12.8. The summed E-state index contributed by atoms with van der Waals surface area (Å²) in [5.74, 6) is 0. The van der Waals surface area contributed by atoms with E-state index in [1.165, 1.54) is 0 Å². The van der Waals surface area contributed by atoms with Crippen molar-refractivity contribution in [2.75, 3.05) is 39.0 Å². The molecular formula is C18H33NO6P2. The summed E-state index contributed by atoms with van der Waals surface area (Å²) < 4.78 is 48.0. The van der Waals surface area contributed by atoms with Crippen molar-refractivity contribution in [2.45, 2.75) is 40.7 Å². The monoisotopic (exact) mass is 421 g/mol. The van der Waals surface area contributed by atoms with Crippen molar-refractivity contribution in [1.82, 2.24) is 4.90 Å². The summed E-state index contributed by atoms with van der Waals surface area (Å²) in [5.41, 5.74) is 0.997. The Hall–Kier alpha value is -0.520. The quantitative estimate of drug-likeness (QED) is 0.367. The first-order valence-electron chi connectivity index (χ1n) is 9.38. The predicted molar refractivity (Wildman–Crippen MR) is 108 cm³/mol. The highest BCUT2D eigenvalue weighted by Gasteiger charge is 2.36. The lowest BCUT2D eigenvalue weighted by atomic mass is 10.1. The normalized spacial score (nSPS) is 13.9. The predicted octanol–water partition coefficient (Wildman–Crippen LogP) is 5.50. The Morgan fingerprint density at radius 1 is 0.778 bits per heavy atom. The molecule has 0 spiro atoms. The van der Waals surface area contributed by atoms with Crippen molar-refractivity contribution in [3.8, 4) is 0 Å². The van der Waals surface area contributed by atoms with E-state index in [2.05, 4.69) is 0 Å². The third-order valence-corrected chi connectivity index (χ3v) is 7.87. The number of hydrogen-bond donors (Lipinski definition) is 0. The maximum atomic E-state index is 13.1. The summed E-state index contributed by atoms with van der Waals surface area (Å²) in [6, 6.07) is 9.54. The van der Waals surface area contributed by atoms with E-state index in [-0.39, 0.29) is 45.0 Å². The van der Waals surface area contributed by atoms with Gasteiger partial charge in [-0.05, 0) is 40.2 Å². The summed E-state index contributed by atoms with van der Waals surface area (Å²) in [6.45, 7) is 10.1. The van der Waals surface area contributed by atoms with Crippen LogP contribution in [0.2, 0.25) is 0 Å². The molecule has 0 aliphatic rings. The van der Waals surface area contributed by atoms with Gasteiger partial charge >= 0.3 is 15.2 Å². The van der Waals surface area contributed by atoms with Crippen LogP contribution in [0.3, 0.4) is 0 Å². The maximum Gasteiger partial charge on any atom is 0.344 e. The molecule has 7 nitrogen and oxygen atoms in total. The van der Waals surface area contributed by atoms with Gasteiger partial charge in [0.2, 0.25) is 0 Å². The molecule has 0 amide bonds. The molecule has 9 heteroatoms. The molecule has 0 N–H and O–H groups in total. The van der Waals surface area contributed by atoms with E-state index in [4.69, 9.17) is 18.1 Å². The zero-order valence-corrected chi connectivity index (χ0v) is 18.8. The fourth-order valence-electron chi connectivity index (χ4n) is 2.70. The van der Waals surface area contributed by atoms with Crippen LogP contribution < -0.4 is 0 Å². The molecule has 0 aromatic heterocycles. The Morgan fingerprint density at radius 2 is 1.15 bits per heavy atom. The minimum Gasteiger partial charge on any atom is -0.308 e. The molecule has 0 saturated carbocycles. The highest BCUT2D eigenvalue weighted by atomic mass is 31.2. The second-order valence-electron chi connectivity index (χ2n) is 5.85. The molecule has 27 heavy (non-hydrogen) atoms. The lowest BCUT2D eigenvalue weighted by Crippen LogP contribution is -2.31. The molecule has 0 radical (unpaired) electrons. The molecule has 0 fully saturated rings. The lowest BCUT2D eigenvalue weighted by Gasteiger charge is -2.33. The first kappa shape index (κ1) is 24.5. The second kappa shape index (κ2) is 12.1. The molecule has 0 saturated heterocycles. The Balaban J connectivity index is 3.18. The molecule has 1 atom stereocenters. The number of hydrogen-bond acceptors (Lipinski definition) is 7. The van der Waals surface area contributed by atoms with Gasteiger partial charge in [-0.2, -0.15) is 0 Å². The van der Waals surface area contributed by atoms with Crippen LogP contribution in [-0.2, 0) is 27.2 Å². The van der Waals surface area contributed by atoms with E-state index in [0.29, 0.717) is 0 Å². The van der Waals surface area contributed by atoms with E-state index < -0.39 is 15.2 Å². The summed E-state index contributed by atoms with van der Waals surface area (Å²) >= 11 is 0. The minimum absolute atomic E-state index is 0.00508. The van der Waals surface area contributed by atoms with Gasteiger partial charge in [-0.15, -0.1) is 0 Å². The minimum atomic E-state index is -3.38. The van der Waals surface area contributed by atoms with Gasteiger partial charge < -0.3 is 18.1 Å². The van der Waals surface area contributed by atoms with Gasteiger partial charge in [-0.25, -0.2) is 0 Å². The maximum absolute atomic E-state index is 13.1. The Labute approximate surface area is 163 Å². The van der Waals surface area contributed by atoms with Crippen molar-refractivity contribution in [2.24, 2.45) is 0 Å². The summed E-state index contributed by atoms with van der Waals surface area (Å²) in [4.78, 5) is 1.80. The number of nitrogens with zero attached hydrogens (tertiary/aromatic N) is 1. The van der Waals surface area contributed by atoms with E-state index in [0.717, 1.165) is 5.56 Å². The molecule has 156 valence electrons. The van der Waals surface area contributed by atoms with Crippen LogP contribution in [0.1, 0.15) is 46.2 Å². The van der Waals surface area contributed by atoms with Gasteiger partial charge in [-0.1, -0.05) is 30.3 Å². The van der Waals surface area contributed by atoms with E-state index in [1.54, 1.807) is 32.6 Å². The van der Waals surface area contributed by atoms with Crippen LogP contribution in [0.5, 0.6) is 0 Å². The van der Waals surface area contributed by atoms with Crippen LogP contribution in [0.15, 0.2) is 30.3 Å². The van der Waals surface area contributed by atoms with Gasteiger partial charge in [0.25, 0.3) is 0 Å². The van der Waals surface area contributed by atoms with Gasteiger partial charge in [0.15, 0.2) is 0 Å². The van der Waals surface area contributed by atoms with Gasteiger partial charge in [0.05, 0.1) is 26.4 Å². The van der Waals surface area contributed by atoms with Crippen LogP contribution in [0, 0.1) is 0 Å². The summed E-state index contributed by atoms with van der Waals surface area (Å²) in [5, 5.41) is 0. The van der Waals surface area contributed by atoms with Gasteiger partial charge in [0.1, 0.15) is 12.6 Å². The average Bonchev–Trinajstić information content (AvgIpc) is 2.62. The second-order valence-corrected chi connectivity index (χ2v) is 9.89. The van der Waals surface area contributed by atoms with E-state index in [9.17, 15) is 9.13 Å². The van der Waals surface area contributed by atoms with Crippen LogP contribution in [0.25, 0.3) is 0 Å². The largest absolute Gasteiger partial charge is 0.344 e. The lowest BCUT2D eigenvalue weighted by molar-refractivity contribution is 0.168. The average molecular weight is 421 g/mol. The Morgan fingerprint density at radius 3 is 1.48 bits per heavy atom. The third kappa shape index (κ3) is 8.16. The fraction of sp³-hybridized carbons (Fsp3) is 0.667. The Bertz CT molecular complexity index is 576. The highest BCUT2D eigenvalue weighted by molar-refractivity contribution is 7.54.